The first-order valence-electron chi connectivity index (χ1n) is 7.33. The first-order chi connectivity index (χ1) is 11.0. The van der Waals surface area contributed by atoms with Crippen molar-refractivity contribution in [3.05, 3.63) is 59.1 Å². The average molecular weight is 332 g/mol. The standard InChI is InChI=1S/C17H18ClN3O2/c1-21(17(19)22)10-14-16(11-5-3-2-4-6-11)23-15-8-7-12(18)9-13(15)20-14/h2-9,14,16,20H,10H2,1H3,(H2,19,22). The van der Waals surface area contributed by atoms with Crippen molar-refractivity contribution in [2.24, 2.45) is 5.73 Å². The number of ether oxygens (including phenoxy) is 1. The second-order valence-corrected chi connectivity index (χ2v) is 6.00. The smallest absolute Gasteiger partial charge is 0.314 e. The minimum atomic E-state index is -0.476. The normalized spacial score (nSPS) is 19.2. The highest BCUT2D eigenvalue weighted by Gasteiger charge is 2.32. The van der Waals surface area contributed by atoms with Crippen molar-refractivity contribution in [2.45, 2.75) is 12.1 Å². The first kappa shape index (κ1) is 15.5. The number of amides is 2. The molecule has 2 atom stereocenters. The highest BCUT2D eigenvalue weighted by Crippen LogP contribution is 2.38. The van der Waals surface area contributed by atoms with Gasteiger partial charge in [0.1, 0.15) is 11.9 Å². The molecule has 1 aliphatic heterocycles. The summed E-state index contributed by atoms with van der Waals surface area (Å²) >= 11 is 6.05. The van der Waals surface area contributed by atoms with Crippen LogP contribution in [0.2, 0.25) is 5.02 Å². The molecule has 2 unspecified atom stereocenters. The number of primary amides is 1. The van der Waals surface area contributed by atoms with Crippen LogP contribution >= 0.6 is 11.6 Å². The molecule has 120 valence electrons. The zero-order chi connectivity index (χ0) is 16.4. The van der Waals surface area contributed by atoms with Crippen LogP contribution in [0.5, 0.6) is 5.75 Å². The number of likely N-dealkylation sites (N-methyl/N-ethyl adjacent to an activating group) is 1. The summed E-state index contributed by atoms with van der Waals surface area (Å²) in [5.41, 5.74) is 7.20. The van der Waals surface area contributed by atoms with E-state index < -0.39 is 6.03 Å². The molecular formula is C17H18ClN3O2. The summed E-state index contributed by atoms with van der Waals surface area (Å²) in [6.45, 7) is 0.418. The van der Waals surface area contributed by atoms with Crippen LogP contribution in [0.15, 0.2) is 48.5 Å². The van der Waals surface area contributed by atoms with Crippen LogP contribution in [0.25, 0.3) is 0 Å². The Kier molecular flexibility index (Phi) is 4.30. The summed E-state index contributed by atoms with van der Waals surface area (Å²) in [7, 11) is 1.67. The number of hydrogen-bond acceptors (Lipinski definition) is 3. The fraction of sp³-hybridized carbons (Fsp3) is 0.235. The number of anilines is 1. The summed E-state index contributed by atoms with van der Waals surface area (Å²) in [5.74, 6) is 0.737. The van der Waals surface area contributed by atoms with Crippen molar-refractivity contribution in [2.75, 3.05) is 18.9 Å². The fourth-order valence-corrected chi connectivity index (χ4v) is 2.85. The Morgan fingerprint density at radius 1 is 1.30 bits per heavy atom. The first-order valence-corrected chi connectivity index (χ1v) is 7.70. The summed E-state index contributed by atoms with van der Waals surface area (Å²) in [6.07, 6.45) is -0.230. The maximum atomic E-state index is 11.4. The molecule has 0 aromatic heterocycles. The number of carbonyl (C=O) groups excluding carboxylic acids is 1. The third-order valence-corrected chi connectivity index (χ3v) is 4.11. The van der Waals surface area contributed by atoms with Gasteiger partial charge in [-0.3, -0.25) is 0 Å². The number of carbonyl (C=O) groups is 1. The van der Waals surface area contributed by atoms with Crippen molar-refractivity contribution in [1.29, 1.82) is 0 Å². The molecular weight excluding hydrogens is 314 g/mol. The topological polar surface area (TPSA) is 67.6 Å². The van der Waals surface area contributed by atoms with Crippen LogP contribution in [0.4, 0.5) is 10.5 Å². The van der Waals surface area contributed by atoms with E-state index >= 15 is 0 Å². The van der Waals surface area contributed by atoms with Crippen molar-refractivity contribution in [3.63, 3.8) is 0 Å². The molecule has 0 bridgehead atoms. The zero-order valence-electron chi connectivity index (χ0n) is 12.7. The number of urea groups is 1. The van der Waals surface area contributed by atoms with Crippen molar-refractivity contribution < 1.29 is 9.53 Å². The Bertz CT molecular complexity index is 708. The molecule has 6 heteroatoms. The molecule has 3 N–H and O–H groups in total. The van der Waals surface area contributed by atoms with E-state index in [4.69, 9.17) is 22.1 Å². The van der Waals surface area contributed by atoms with E-state index in [9.17, 15) is 4.79 Å². The highest BCUT2D eigenvalue weighted by atomic mass is 35.5. The van der Waals surface area contributed by atoms with Crippen LogP contribution in [0.1, 0.15) is 11.7 Å². The Balaban J connectivity index is 1.93. The molecule has 0 radical (unpaired) electrons. The lowest BCUT2D eigenvalue weighted by molar-refractivity contribution is 0.151. The summed E-state index contributed by atoms with van der Waals surface area (Å²) in [5, 5.41) is 4.04. The van der Waals surface area contributed by atoms with Gasteiger partial charge in [0, 0.05) is 18.6 Å². The zero-order valence-corrected chi connectivity index (χ0v) is 13.5. The summed E-state index contributed by atoms with van der Waals surface area (Å²) in [6, 6.07) is 14.7. The van der Waals surface area contributed by atoms with E-state index in [1.807, 2.05) is 42.5 Å². The van der Waals surface area contributed by atoms with Gasteiger partial charge in [-0.2, -0.15) is 0 Å². The molecule has 2 amide bonds. The number of rotatable bonds is 3. The third kappa shape index (κ3) is 3.35. The van der Waals surface area contributed by atoms with E-state index in [-0.39, 0.29) is 12.1 Å². The predicted octanol–water partition coefficient (Wildman–Crippen LogP) is 3.26. The molecule has 0 aliphatic carbocycles. The second kappa shape index (κ2) is 6.38. The number of benzene rings is 2. The van der Waals surface area contributed by atoms with Gasteiger partial charge < -0.3 is 20.7 Å². The van der Waals surface area contributed by atoms with Gasteiger partial charge in [-0.05, 0) is 23.8 Å². The molecule has 0 spiro atoms. The van der Waals surface area contributed by atoms with Gasteiger partial charge >= 0.3 is 6.03 Å². The molecule has 5 nitrogen and oxygen atoms in total. The maximum absolute atomic E-state index is 11.4. The van der Waals surface area contributed by atoms with E-state index in [0.29, 0.717) is 11.6 Å². The van der Waals surface area contributed by atoms with Crippen LogP contribution in [0.3, 0.4) is 0 Å². The molecule has 3 rings (SSSR count). The Labute approximate surface area is 140 Å². The molecule has 23 heavy (non-hydrogen) atoms. The van der Waals surface area contributed by atoms with Gasteiger partial charge in [-0.15, -0.1) is 0 Å². The second-order valence-electron chi connectivity index (χ2n) is 5.56. The predicted molar refractivity (Wildman–Crippen MR) is 90.9 cm³/mol. The van der Waals surface area contributed by atoms with E-state index in [2.05, 4.69) is 5.32 Å². The van der Waals surface area contributed by atoms with Gasteiger partial charge in [-0.25, -0.2) is 4.79 Å². The Morgan fingerprint density at radius 2 is 2.04 bits per heavy atom. The SMILES string of the molecule is CN(CC1Nc2cc(Cl)ccc2OC1c1ccccc1)C(N)=O. The fourth-order valence-electron chi connectivity index (χ4n) is 2.68. The van der Waals surface area contributed by atoms with Gasteiger partial charge in [-0.1, -0.05) is 41.9 Å². The summed E-state index contributed by atoms with van der Waals surface area (Å²) < 4.78 is 6.17. The molecule has 0 saturated carbocycles. The molecule has 2 aromatic rings. The Morgan fingerprint density at radius 3 is 2.74 bits per heavy atom. The molecule has 1 heterocycles. The van der Waals surface area contributed by atoms with Crippen LogP contribution < -0.4 is 15.8 Å². The van der Waals surface area contributed by atoms with E-state index in [1.54, 1.807) is 13.1 Å². The number of nitrogens with one attached hydrogen (secondary N) is 1. The van der Waals surface area contributed by atoms with Crippen molar-refractivity contribution >= 4 is 23.3 Å². The van der Waals surface area contributed by atoms with E-state index in [0.717, 1.165) is 17.0 Å². The molecule has 1 aliphatic rings. The average Bonchev–Trinajstić information content (AvgIpc) is 2.54. The van der Waals surface area contributed by atoms with Crippen LogP contribution in [-0.4, -0.2) is 30.6 Å². The number of nitrogens with zero attached hydrogens (tertiary/aromatic N) is 1. The van der Waals surface area contributed by atoms with Gasteiger partial charge in [0.15, 0.2) is 0 Å². The number of fused-ring (bicyclic) bond motifs is 1. The van der Waals surface area contributed by atoms with Crippen molar-refractivity contribution in [1.82, 2.24) is 4.90 Å². The van der Waals surface area contributed by atoms with E-state index in [1.165, 1.54) is 4.90 Å². The lowest BCUT2D eigenvalue weighted by Gasteiger charge is -2.37. The lowest BCUT2D eigenvalue weighted by atomic mass is 9.99. The minimum absolute atomic E-state index is 0.138. The minimum Gasteiger partial charge on any atom is -0.481 e. The third-order valence-electron chi connectivity index (χ3n) is 3.88. The largest absolute Gasteiger partial charge is 0.481 e. The van der Waals surface area contributed by atoms with Gasteiger partial charge in [0.25, 0.3) is 0 Å². The highest BCUT2D eigenvalue weighted by molar-refractivity contribution is 6.30. The monoisotopic (exact) mass is 331 g/mol. The van der Waals surface area contributed by atoms with Crippen molar-refractivity contribution in [3.8, 4) is 5.75 Å². The number of nitrogens with two attached hydrogens (primary N) is 1. The quantitative estimate of drug-likeness (QED) is 0.907. The lowest BCUT2D eigenvalue weighted by Crippen LogP contribution is -2.46. The summed E-state index contributed by atoms with van der Waals surface area (Å²) in [4.78, 5) is 12.8. The Hall–Kier alpha value is -2.40. The maximum Gasteiger partial charge on any atom is 0.314 e. The number of hydrogen-bond donors (Lipinski definition) is 2. The van der Waals surface area contributed by atoms with Gasteiger partial charge in [0.05, 0.1) is 11.7 Å². The molecule has 0 fully saturated rings. The van der Waals surface area contributed by atoms with Gasteiger partial charge in [0.2, 0.25) is 0 Å². The van der Waals surface area contributed by atoms with Crippen LogP contribution in [-0.2, 0) is 0 Å². The number of halogens is 1. The molecule has 2 aromatic carbocycles. The molecule has 0 saturated heterocycles. The van der Waals surface area contributed by atoms with Crippen LogP contribution in [0, 0.1) is 0 Å².